The molecule has 28 heavy (non-hydrogen) atoms. The van der Waals surface area contributed by atoms with Crippen LogP contribution in [0.1, 0.15) is 10.4 Å². The molecule has 0 radical (unpaired) electrons. The summed E-state index contributed by atoms with van der Waals surface area (Å²) >= 11 is 0. The lowest BCUT2D eigenvalue weighted by atomic mass is 10.1. The van der Waals surface area contributed by atoms with E-state index in [4.69, 9.17) is 10.2 Å². The van der Waals surface area contributed by atoms with Crippen LogP contribution in [0.15, 0.2) is 48.5 Å². The van der Waals surface area contributed by atoms with Gasteiger partial charge >= 0.3 is 23.8 Å². The Morgan fingerprint density at radius 3 is 1.57 bits per heavy atom. The van der Waals surface area contributed by atoms with Gasteiger partial charge in [-0.3, -0.25) is 14.4 Å². The molecule has 11 nitrogen and oxygen atoms in total. The van der Waals surface area contributed by atoms with Gasteiger partial charge in [-0.05, 0) is 36.4 Å². The first kappa shape index (κ1) is 21.8. The summed E-state index contributed by atoms with van der Waals surface area (Å²) in [5, 5.41) is 24.0. The average molecular weight is 389 g/mol. The summed E-state index contributed by atoms with van der Waals surface area (Å²) < 4.78 is 0. The van der Waals surface area contributed by atoms with Crippen molar-refractivity contribution in [2.45, 2.75) is 0 Å². The molecule has 3 amide bonds. The molecule has 0 aromatic heterocycles. The van der Waals surface area contributed by atoms with Crippen molar-refractivity contribution in [3.63, 3.8) is 0 Å². The fourth-order valence-electron chi connectivity index (χ4n) is 1.99. The molecule has 7 N–H and O–H groups in total. The van der Waals surface area contributed by atoms with Crippen molar-refractivity contribution < 1.29 is 39.7 Å². The van der Waals surface area contributed by atoms with E-state index in [1.54, 1.807) is 0 Å². The van der Waals surface area contributed by atoms with Gasteiger partial charge < -0.3 is 31.6 Å². The molecule has 0 fully saturated rings. The second kappa shape index (κ2) is 9.45. The molecular weight excluding hydrogens is 374 g/mol. The monoisotopic (exact) mass is 389 g/mol. The Hall–Kier alpha value is -4.25. The number of carbonyl (C=O) groups is 5. The van der Waals surface area contributed by atoms with E-state index in [0.717, 1.165) is 0 Å². The number of rotatable bonds is 4. The number of hydrogen-bond donors (Lipinski definition) is 5. The zero-order valence-electron chi connectivity index (χ0n) is 14.1. The quantitative estimate of drug-likeness (QED) is 0.459. The summed E-state index contributed by atoms with van der Waals surface area (Å²) in [7, 11) is 0. The third kappa shape index (κ3) is 5.93. The maximum absolute atomic E-state index is 12.3. The largest absolute Gasteiger partial charge is 0.474 e. The van der Waals surface area contributed by atoms with E-state index in [-0.39, 0.29) is 28.1 Å². The Morgan fingerprint density at radius 2 is 1.07 bits per heavy atom. The lowest BCUT2D eigenvalue weighted by Crippen LogP contribution is -2.22. The molecule has 2 aromatic carbocycles. The maximum atomic E-state index is 12.3. The first-order valence-corrected chi connectivity index (χ1v) is 7.36. The summed E-state index contributed by atoms with van der Waals surface area (Å²) in [5.41, 5.74) is 0.710. The molecule has 146 valence electrons. The Bertz CT molecular complexity index is 942. The van der Waals surface area contributed by atoms with Crippen LogP contribution in [0, 0.1) is 0 Å². The highest BCUT2D eigenvalue weighted by atomic mass is 16.4. The van der Waals surface area contributed by atoms with Gasteiger partial charge in [0.15, 0.2) is 0 Å². The number of carbonyl (C=O) groups excluding carboxylic acids is 3. The molecular formula is C17H15N3O8. The predicted molar refractivity (Wildman–Crippen MR) is 97.0 cm³/mol. The summed E-state index contributed by atoms with van der Waals surface area (Å²) in [6, 6.07) is 11.4. The van der Waals surface area contributed by atoms with Crippen LogP contribution >= 0.6 is 0 Å². The topological polar surface area (TPSA) is 193 Å². The van der Waals surface area contributed by atoms with Gasteiger partial charge in [-0.25, -0.2) is 9.59 Å². The Balaban J connectivity index is 0.00000392. The van der Waals surface area contributed by atoms with E-state index >= 15 is 0 Å². The van der Waals surface area contributed by atoms with Gasteiger partial charge in [-0.15, -0.1) is 0 Å². The average Bonchev–Trinajstić information content (AvgIpc) is 2.62. The van der Waals surface area contributed by atoms with Crippen LogP contribution in [0.2, 0.25) is 0 Å². The lowest BCUT2D eigenvalue weighted by molar-refractivity contribution is -0.147. The number of carboxylic acids is 2. The highest BCUT2D eigenvalue weighted by Crippen LogP contribution is 2.17. The van der Waals surface area contributed by atoms with Crippen LogP contribution in [0.25, 0.3) is 0 Å². The molecule has 0 saturated carbocycles. The third-order valence-corrected chi connectivity index (χ3v) is 3.15. The smallest absolute Gasteiger partial charge is 0.394 e. The van der Waals surface area contributed by atoms with Crippen molar-refractivity contribution >= 4 is 46.7 Å². The van der Waals surface area contributed by atoms with Gasteiger partial charge in [-0.2, -0.15) is 0 Å². The molecule has 0 bridgehead atoms. The van der Waals surface area contributed by atoms with Gasteiger partial charge in [0.25, 0.3) is 5.91 Å². The SMILES string of the molecule is O.O=C(O)C(=O)Nc1cccc(NC(=O)c2cccc(NC(=O)C(=O)O)c2)c1. The molecule has 2 rings (SSSR count). The number of amides is 3. The van der Waals surface area contributed by atoms with Crippen LogP contribution < -0.4 is 16.0 Å². The molecule has 0 heterocycles. The molecule has 0 unspecified atom stereocenters. The number of aliphatic carboxylic acids is 2. The summed E-state index contributed by atoms with van der Waals surface area (Å²) in [6.07, 6.45) is 0. The minimum absolute atomic E-state index is 0. The summed E-state index contributed by atoms with van der Waals surface area (Å²) in [6.45, 7) is 0. The first-order chi connectivity index (χ1) is 12.8. The fourth-order valence-corrected chi connectivity index (χ4v) is 1.99. The van der Waals surface area contributed by atoms with E-state index in [1.165, 1.54) is 48.5 Å². The second-order valence-corrected chi connectivity index (χ2v) is 5.13. The minimum atomic E-state index is -1.66. The molecule has 0 aliphatic heterocycles. The van der Waals surface area contributed by atoms with E-state index < -0.39 is 29.7 Å². The Kier molecular flexibility index (Phi) is 7.35. The highest BCUT2D eigenvalue weighted by Gasteiger charge is 2.14. The highest BCUT2D eigenvalue weighted by molar-refractivity contribution is 6.37. The molecule has 0 aliphatic rings. The van der Waals surface area contributed by atoms with E-state index in [0.29, 0.717) is 0 Å². The molecule has 2 aromatic rings. The van der Waals surface area contributed by atoms with E-state index in [2.05, 4.69) is 16.0 Å². The second-order valence-electron chi connectivity index (χ2n) is 5.13. The van der Waals surface area contributed by atoms with Crippen molar-refractivity contribution in [1.29, 1.82) is 0 Å². The van der Waals surface area contributed by atoms with Gasteiger partial charge in [0.1, 0.15) is 0 Å². The Labute approximate surface area is 157 Å². The zero-order valence-corrected chi connectivity index (χ0v) is 14.1. The van der Waals surface area contributed by atoms with Crippen molar-refractivity contribution in [2.24, 2.45) is 0 Å². The third-order valence-electron chi connectivity index (χ3n) is 3.15. The van der Waals surface area contributed by atoms with Gasteiger partial charge in [-0.1, -0.05) is 12.1 Å². The van der Waals surface area contributed by atoms with Crippen molar-refractivity contribution in [1.82, 2.24) is 0 Å². The molecule has 0 saturated heterocycles. The number of nitrogens with one attached hydrogen (secondary N) is 3. The first-order valence-electron chi connectivity index (χ1n) is 7.36. The standard InChI is InChI=1S/C17H13N3O7.H2O/c21-13(9-3-1-4-10(7-9)19-14(22)16(24)25)18-11-5-2-6-12(8-11)20-15(23)17(26)27;/h1-8H,(H,18,21)(H,19,22)(H,20,23)(H,24,25)(H,26,27);1H2. The van der Waals surface area contributed by atoms with Gasteiger partial charge in [0, 0.05) is 22.6 Å². The van der Waals surface area contributed by atoms with Crippen molar-refractivity contribution in [3.05, 3.63) is 54.1 Å². The molecule has 0 spiro atoms. The molecule has 0 aliphatic carbocycles. The van der Waals surface area contributed by atoms with Crippen LogP contribution in [0.5, 0.6) is 0 Å². The van der Waals surface area contributed by atoms with Gasteiger partial charge in [0.05, 0.1) is 0 Å². The zero-order chi connectivity index (χ0) is 20.0. The van der Waals surface area contributed by atoms with Crippen LogP contribution in [-0.2, 0) is 19.2 Å². The number of carboxylic acid groups (broad SMARTS) is 2. The maximum Gasteiger partial charge on any atom is 0.394 e. The predicted octanol–water partition coefficient (Wildman–Crippen LogP) is 0.160. The van der Waals surface area contributed by atoms with Crippen molar-refractivity contribution in [3.8, 4) is 0 Å². The summed E-state index contributed by atoms with van der Waals surface area (Å²) in [5.74, 6) is -6.34. The van der Waals surface area contributed by atoms with Crippen molar-refractivity contribution in [2.75, 3.05) is 16.0 Å². The lowest BCUT2D eigenvalue weighted by Gasteiger charge is -2.09. The fraction of sp³-hybridized carbons (Fsp3) is 0. The van der Waals surface area contributed by atoms with E-state index in [1.807, 2.05) is 0 Å². The Morgan fingerprint density at radius 1 is 0.643 bits per heavy atom. The van der Waals surface area contributed by atoms with Crippen LogP contribution in [0.3, 0.4) is 0 Å². The number of benzene rings is 2. The molecule has 0 atom stereocenters. The number of hydrogen-bond acceptors (Lipinski definition) is 5. The van der Waals surface area contributed by atoms with Crippen LogP contribution in [-0.4, -0.2) is 45.3 Å². The van der Waals surface area contributed by atoms with Gasteiger partial charge in [0.2, 0.25) is 0 Å². The minimum Gasteiger partial charge on any atom is -0.474 e. The molecule has 11 heteroatoms. The summed E-state index contributed by atoms with van der Waals surface area (Å²) in [4.78, 5) is 55.8. The normalized spacial score (nSPS) is 9.43. The number of anilines is 3. The van der Waals surface area contributed by atoms with E-state index in [9.17, 15) is 24.0 Å². The van der Waals surface area contributed by atoms with Crippen LogP contribution in [0.4, 0.5) is 17.1 Å².